The molecule has 0 aliphatic carbocycles. The number of amides is 1. The van der Waals surface area contributed by atoms with E-state index in [4.69, 9.17) is 26.3 Å². The molecule has 0 saturated carbocycles. The number of halogens is 1. The first kappa shape index (κ1) is 29.1. The minimum absolute atomic E-state index is 0.0937. The first-order chi connectivity index (χ1) is 21.4. The first-order valence-electron chi connectivity index (χ1n) is 15.7. The molecule has 0 unspecified atom stereocenters. The molecule has 4 aliphatic rings. The molecule has 3 fully saturated rings. The maximum Gasteiger partial charge on any atom is 0.318 e. The summed E-state index contributed by atoms with van der Waals surface area (Å²) in [4.78, 5) is 32.0. The molecule has 7 rings (SSSR count). The number of fused-ring (bicyclic) bond motifs is 2. The Balaban J connectivity index is 1.20. The van der Waals surface area contributed by atoms with E-state index >= 15 is 0 Å². The Kier molecular flexibility index (Phi) is 7.95. The number of nitriles is 1. The SMILES string of the molecule is C[C@@H]1N[C@@H]1C(=O)N1CCN(c2nc(OC[C@@H]3CCCN3C)nc3c2CCN(c2cccc4cccc(Cl)c24)C3)C[C@@H]1CC#N. The second-order valence-electron chi connectivity index (χ2n) is 12.6. The molecule has 1 amide bonds. The fraction of sp³-hybridized carbons (Fsp3) is 0.515. The highest BCUT2D eigenvalue weighted by Crippen LogP contribution is 2.37. The summed E-state index contributed by atoms with van der Waals surface area (Å²) in [7, 11) is 2.14. The summed E-state index contributed by atoms with van der Waals surface area (Å²) in [5, 5.41) is 15.8. The standard InChI is InChI=1S/C33H39ClN8O2/c1-21-30(36-21)32(43)42-17-16-41(18-23(42)11-13-35)31-25-12-15-40(28-10-4-7-22-6-3-9-26(34)29(22)28)19-27(25)37-33(38-31)44-20-24-8-5-14-39(24)2/h3-4,6-7,9-10,21,23-24,30,36H,5,8,11-12,14-20H2,1-2H3/t21-,23-,24-,30-/m0/s1. The number of piperazine rings is 1. The molecular weight excluding hydrogens is 576 g/mol. The van der Waals surface area contributed by atoms with Crippen LogP contribution in [-0.2, 0) is 17.8 Å². The number of hydrogen-bond acceptors (Lipinski definition) is 9. The van der Waals surface area contributed by atoms with Crippen LogP contribution in [0.3, 0.4) is 0 Å². The van der Waals surface area contributed by atoms with Crippen LogP contribution in [0.4, 0.5) is 11.5 Å². The van der Waals surface area contributed by atoms with Crippen molar-refractivity contribution in [2.75, 3.05) is 56.2 Å². The maximum atomic E-state index is 13.2. The Labute approximate surface area is 263 Å². The lowest BCUT2D eigenvalue weighted by atomic mass is 10.0. The smallest absolute Gasteiger partial charge is 0.318 e. The number of nitrogens with one attached hydrogen (secondary N) is 1. The van der Waals surface area contributed by atoms with Crippen molar-refractivity contribution in [3.05, 3.63) is 52.7 Å². The molecule has 44 heavy (non-hydrogen) atoms. The summed E-state index contributed by atoms with van der Waals surface area (Å²) in [6, 6.07) is 15.2. The topological polar surface area (TPSA) is 111 Å². The van der Waals surface area contributed by atoms with Gasteiger partial charge < -0.3 is 24.3 Å². The van der Waals surface area contributed by atoms with Gasteiger partial charge in [0.25, 0.3) is 0 Å². The molecule has 5 heterocycles. The lowest BCUT2D eigenvalue weighted by Gasteiger charge is -2.42. The van der Waals surface area contributed by atoms with Gasteiger partial charge in [-0.3, -0.25) is 10.1 Å². The van der Waals surface area contributed by atoms with Gasteiger partial charge in [0.05, 0.1) is 35.8 Å². The average molecular weight is 615 g/mol. The lowest BCUT2D eigenvalue weighted by Crippen LogP contribution is -2.57. The van der Waals surface area contributed by atoms with Crippen LogP contribution in [0.2, 0.25) is 5.02 Å². The Morgan fingerprint density at radius 1 is 1.11 bits per heavy atom. The molecule has 2 aromatic carbocycles. The molecule has 1 N–H and O–H groups in total. The molecule has 10 nitrogen and oxygen atoms in total. The van der Waals surface area contributed by atoms with Crippen LogP contribution in [0.15, 0.2) is 36.4 Å². The van der Waals surface area contributed by atoms with E-state index in [2.05, 4.69) is 57.4 Å². The highest BCUT2D eigenvalue weighted by Gasteiger charge is 2.44. The zero-order valence-corrected chi connectivity index (χ0v) is 26.1. The van der Waals surface area contributed by atoms with Gasteiger partial charge in [0.1, 0.15) is 18.5 Å². The van der Waals surface area contributed by atoms with E-state index in [9.17, 15) is 10.1 Å². The number of benzene rings is 2. The van der Waals surface area contributed by atoms with Gasteiger partial charge in [-0.25, -0.2) is 0 Å². The predicted octanol–water partition coefficient (Wildman–Crippen LogP) is 3.61. The number of likely N-dealkylation sites (N-methyl/N-ethyl adjacent to an activating group) is 1. The maximum absolute atomic E-state index is 13.2. The van der Waals surface area contributed by atoms with Crippen molar-refractivity contribution in [3.8, 4) is 12.1 Å². The molecule has 3 aromatic rings. The molecule has 3 saturated heterocycles. The van der Waals surface area contributed by atoms with Crippen LogP contribution in [0.25, 0.3) is 10.8 Å². The monoisotopic (exact) mass is 614 g/mol. The predicted molar refractivity (Wildman–Crippen MR) is 171 cm³/mol. The normalized spacial score (nSPS) is 25.2. The number of anilines is 2. The Bertz CT molecular complexity index is 1610. The first-order valence-corrected chi connectivity index (χ1v) is 16.1. The van der Waals surface area contributed by atoms with Gasteiger partial charge in [-0.05, 0) is 57.3 Å². The number of rotatable bonds is 7. The quantitative estimate of drug-likeness (QED) is 0.399. The fourth-order valence-corrected chi connectivity index (χ4v) is 7.41. The van der Waals surface area contributed by atoms with Crippen LogP contribution < -0.4 is 19.9 Å². The molecule has 4 atom stereocenters. The number of ether oxygens (including phenoxy) is 1. The molecule has 0 radical (unpaired) electrons. The summed E-state index contributed by atoms with van der Waals surface area (Å²) < 4.78 is 6.32. The molecule has 0 bridgehead atoms. The van der Waals surface area contributed by atoms with Gasteiger partial charge in [0.2, 0.25) is 5.91 Å². The van der Waals surface area contributed by atoms with E-state index in [1.165, 1.54) is 6.42 Å². The fourth-order valence-electron chi connectivity index (χ4n) is 7.13. The Morgan fingerprint density at radius 3 is 2.68 bits per heavy atom. The van der Waals surface area contributed by atoms with Gasteiger partial charge in [-0.15, -0.1) is 0 Å². The van der Waals surface area contributed by atoms with Crippen LogP contribution in [0.1, 0.15) is 37.4 Å². The van der Waals surface area contributed by atoms with Crippen molar-refractivity contribution < 1.29 is 9.53 Å². The van der Waals surface area contributed by atoms with Gasteiger partial charge in [0, 0.05) is 54.9 Å². The van der Waals surface area contributed by atoms with Gasteiger partial charge in [-0.2, -0.15) is 15.2 Å². The Hall–Kier alpha value is -3.65. The van der Waals surface area contributed by atoms with E-state index in [0.29, 0.717) is 44.8 Å². The van der Waals surface area contributed by atoms with Crippen LogP contribution in [0, 0.1) is 11.3 Å². The zero-order chi connectivity index (χ0) is 30.4. The second-order valence-corrected chi connectivity index (χ2v) is 13.0. The number of carbonyl (C=O) groups excluding carboxylic acids is 1. The van der Waals surface area contributed by atoms with Crippen molar-refractivity contribution in [2.45, 2.75) is 63.3 Å². The highest BCUT2D eigenvalue weighted by atomic mass is 35.5. The van der Waals surface area contributed by atoms with Crippen molar-refractivity contribution in [2.24, 2.45) is 0 Å². The summed E-state index contributed by atoms with van der Waals surface area (Å²) in [5.74, 6) is 0.963. The van der Waals surface area contributed by atoms with Crippen molar-refractivity contribution >= 4 is 39.8 Å². The average Bonchev–Trinajstić information content (AvgIpc) is 3.63. The molecule has 11 heteroatoms. The zero-order valence-electron chi connectivity index (χ0n) is 25.4. The van der Waals surface area contributed by atoms with E-state index in [-0.39, 0.29) is 30.5 Å². The van der Waals surface area contributed by atoms with Crippen LogP contribution >= 0.6 is 11.6 Å². The van der Waals surface area contributed by atoms with Gasteiger partial charge in [-0.1, -0.05) is 35.9 Å². The highest BCUT2D eigenvalue weighted by molar-refractivity contribution is 6.36. The number of likely N-dealkylation sites (tertiary alicyclic amines) is 1. The third-order valence-electron chi connectivity index (χ3n) is 9.76. The molecule has 0 spiro atoms. The number of aromatic nitrogens is 2. The van der Waals surface area contributed by atoms with Gasteiger partial charge in [0.15, 0.2) is 0 Å². The van der Waals surface area contributed by atoms with E-state index in [1.807, 2.05) is 24.0 Å². The van der Waals surface area contributed by atoms with Gasteiger partial charge >= 0.3 is 6.01 Å². The summed E-state index contributed by atoms with van der Waals surface area (Å²) >= 11 is 6.72. The molecule has 1 aromatic heterocycles. The largest absolute Gasteiger partial charge is 0.462 e. The molecule has 4 aliphatic heterocycles. The summed E-state index contributed by atoms with van der Waals surface area (Å²) in [6.45, 7) is 6.80. The minimum Gasteiger partial charge on any atom is -0.462 e. The third kappa shape index (κ3) is 5.53. The summed E-state index contributed by atoms with van der Waals surface area (Å²) in [5.41, 5.74) is 3.16. The van der Waals surface area contributed by atoms with E-state index in [1.54, 1.807) is 0 Å². The van der Waals surface area contributed by atoms with E-state index < -0.39 is 0 Å². The minimum atomic E-state index is -0.198. The molecular formula is C33H39ClN8O2. The number of nitrogens with zero attached hydrogens (tertiary/aromatic N) is 7. The second kappa shape index (κ2) is 12.0. The lowest BCUT2D eigenvalue weighted by molar-refractivity contribution is -0.133. The van der Waals surface area contributed by atoms with Crippen LogP contribution in [0.5, 0.6) is 6.01 Å². The van der Waals surface area contributed by atoms with Crippen molar-refractivity contribution in [3.63, 3.8) is 0 Å². The van der Waals surface area contributed by atoms with E-state index in [0.717, 1.165) is 64.5 Å². The number of hydrogen-bond donors (Lipinski definition) is 1. The van der Waals surface area contributed by atoms with Crippen LogP contribution in [-0.4, -0.2) is 96.2 Å². The van der Waals surface area contributed by atoms with Crippen molar-refractivity contribution in [1.29, 1.82) is 5.26 Å². The van der Waals surface area contributed by atoms with Crippen molar-refractivity contribution in [1.82, 2.24) is 25.1 Å². The number of carbonyl (C=O) groups is 1. The Morgan fingerprint density at radius 2 is 1.93 bits per heavy atom. The molecule has 230 valence electrons. The summed E-state index contributed by atoms with van der Waals surface area (Å²) in [6.07, 6.45) is 3.32. The third-order valence-corrected chi connectivity index (χ3v) is 10.1.